The minimum atomic E-state index is -1.42. The molecule has 166 valence electrons. The predicted molar refractivity (Wildman–Crippen MR) is 107 cm³/mol. The lowest BCUT2D eigenvalue weighted by molar-refractivity contribution is -0.298. The molecule has 1 saturated heterocycles. The number of ether oxygens (including phenoxy) is 3. The molecule has 5 atom stereocenters. The van der Waals surface area contributed by atoms with Crippen LogP contribution in [0.1, 0.15) is 64.7 Å². The van der Waals surface area contributed by atoms with Crippen molar-refractivity contribution in [2.24, 2.45) is 0 Å². The van der Waals surface area contributed by atoms with Crippen LogP contribution < -0.4 is 0 Å². The Hall–Kier alpha value is -0.540. The lowest BCUT2D eigenvalue weighted by Crippen LogP contribution is -2.59. The molecular formula is C21H40O7. The average Bonchev–Trinajstić information content (AvgIpc) is 2.70. The van der Waals surface area contributed by atoms with Gasteiger partial charge in [0.25, 0.3) is 0 Å². The van der Waals surface area contributed by atoms with Gasteiger partial charge in [-0.25, -0.2) is 0 Å². The predicted octanol–water partition coefficient (Wildman–Crippen LogP) is 1.91. The topological polar surface area (TPSA) is 109 Å². The van der Waals surface area contributed by atoms with Crippen LogP contribution in [0.4, 0.5) is 0 Å². The van der Waals surface area contributed by atoms with Crippen molar-refractivity contribution >= 4 is 0 Å². The zero-order valence-corrected chi connectivity index (χ0v) is 17.2. The van der Waals surface area contributed by atoms with Crippen LogP contribution in [-0.4, -0.2) is 77.6 Å². The third kappa shape index (κ3) is 10.3. The van der Waals surface area contributed by atoms with Crippen LogP contribution in [0.25, 0.3) is 0 Å². The first-order valence-corrected chi connectivity index (χ1v) is 10.8. The van der Waals surface area contributed by atoms with E-state index in [1.54, 1.807) is 6.08 Å². The van der Waals surface area contributed by atoms with Crippen LogP contribution in [-0.2, 0) is 14.2 Å². The summed E-state index contributed by atoms with van der Waals surface area (Å²) < 4.78 is 16.2. The maximum absolute atomic E-state index is 9.85. The third-order valence-electron chi connectivity index (χ3n) is 4.98. The molecule has 1 aliphatic heterocycles. The van der Waals surface area contributed by atoms with Gasteiger partial charge in [-0.1, -0.05) is 70.4 Å². The standard InChI is InChI=1S/C21H40O7/c1-2-3-4-5-6-7-8-9-10-13-26-14-11-12-15-27-21-20(25)19(24)18(23)17(16-22)28-21/h11-12,17-25H,2-10,13-16H2,1H3/b12-11+/t17-,18-,19+,20+,21+/m1/s1. The van der Waals surface area contributed by atoms with Crippen LogP contribution >= 0.6 is 0 Å². The monoisotopic (exact) mass is 404 g/mol. The van der Waals surface area contributed by atoms with Gasteiger partial charge in [-0.15, -0.1) is 0 Å². The zero-order valence-electron chi connectivity index (χ0n) is 17.2. The Bertz CT molecular complexity index is 389. The summed E-state index contributed by atoms with van der Waals surface area (Å²) in [5, 5.41) is 38.4. The fourth-order valence-electron chi connectivity index (χ4n) is 3.16. The molecule has 1 fully saturated rings. The Kier molecular flexibility index (Phi) is 14.8. The quantitative estimate of drug-likeness (QED) is 0.230. The number of rotatable bonds is 16. The molecule has 0 bridgehead atoms. The molecule has 0 unspecified atom stereocenters. The van der Waals surface area contributed by atoms with Crippen molar-refractivity contribution in [1.29, 1.82) is 0 Å². The van der Waals surface area contributed by atoms with Crippen molar-refractivity contribution in [3.63, 3.8) is 0 Å². The van der Waals surface area contributed by atoms with Crippen molar-refractivity contribution in [2.75, 3.05) is 26.4 Å². The molecule has 0 aromatic heterocycles. The molecule has 28 heavy (non-hydrogen) atoms. The molecule has 4 N–H and O–H groups in total. The van der Waals surface area contributed by atoms with Gasteiger partial charge >= 0.3 is 0 Å². The van der Waals surface area contributed by atoms with Gasteiger partial charge < -0.3 is 34.6 Å². The Morgan fingerprint density at radius 1 is 0.786 bits per heavy atom. The van der Waals surface area contributed by atoms with E-state index in [0.29, 0.717) is 6.61 Å². The van der Waals surface area contributed by atoms with E-state index < -0.39 is 37.3 Å². The summed E-state index contributed by atoms with van der Waals surface area (Å²) in [6, 6.07) is 0. The Morgan fingerprint density at radius 2 is 1.39 bits per heavy atom. The smallest absolute Gasteiger partial charge is 0.187 e. The average molecular weight is 405 g/mol. The highest BCUT2D eigenvalue weighted by atomic mass is 16.7. The summed E-state index contributed by atoms with van der Waals surface area (Å²) in [7, 11) is 0. The molecule has 1 heterocycles. The van der Waals surface area contributed by atoms with Gasteiger partial charge in [-0.05, 0) is 6.42 Å². The van der Waals surface area contributed by atoms with E-state index in [2.05, 4.69) is 6.92 Å². The van der Waals surface area contributed by atoms with Gasteiger partial charge in [0, 0.05) is 6.61 Å². The number of unbranched alkanes of at least 4 members (excludes halogenated alkanes) is 8. The molecule has 0 saturated carbocycles. The van der Waals surface area contributed by atoms with Gasteiger partial charge in [-0.3, -0.25) is 0 Å². The molecule has 7 nitrogen and oxygen atoms in total. The molecular weight excluding hydrogens is 364 g/mol. The van der Waals surface area contributed by atoms with Gasteiger partial charge in [0.15, 0.2) is 6.29 Å². The minimum absolute atomic E-state index is 0.171. The number of hydrogen-bond donors (Lipinski definition) is 4. The second kappa shape index (κ2) is 16.3. The highest BCUT2D eigenvalue weighted by Gasteiger charge is 2.43. The lowest BCUT2D eigenvalue weighted by Gasteiger charge is -2.39. The second-order valence-corrected chi connectivity index (χ2v) is 7.41. The van der Waals surface area contributed by atoms with E-state index in [4.69, 9.17) is 19.3 Å². The molecule has 0 aliphatic carbocycles. The third-order valence-corrected chi connectivity index (χ3v) is 4.98. The summed E-state index contributed by atoms with van der Waals surface area (Å²) in [5.41, 5.74) is 0. The second-order valence-electron chi connectivity index (χ2n) is 7.41. The highest BCUT2D eigenvalue weighted by molar-refractivity contribution is 4.89. The van der Waals surface area contributed by atoms with Gasteiger partial charge in [0.05, 0.1) is 19.8 Å². The maximum Gasteiger partial charge on any atom is 0.187 e. The van der Waals surface area contributed by atoms with E-state index in [9.17, 15) is 15.3 Å². The molecule has 7 heteroatoms. The summed E-state index contributed by atoms with van der Waals surface area (Å²) >= 11 is 0. The van der Waals surface area contributed by atoms with E-state index in [1.165, 1.54) is 51.4 Å². The van der Waals surface area contributed by atoms with Crippen molar-refractivity contribution in [1.82, 2.24) is 0 Å². The first kappa shape index (κ1) is 25.5. The first-order chi connectivity index (χ1) is 13.6. The fourth-order valence-corrected chi connectivity index (χ4v) is 3.16. The summed E-state index contributed by atoms with van der Waals surface area (Å²) in [4.78, 5) is 0. The summed E-state index contributed by atoms with van der Waals surface area (Å²) in [6.07, 6.45) is 8.98. The van der Waals surface area contributed by atoms with Crippen molar-refractivity contribution < 1.29 is 34.6 Å². The molecule has 0 spiro atoms. The van der Waals surface area contributed by atoms with Crippen LogP contribution in [0.15, 0.2) is 12.2 Å². The normalized spacial score (nSPS) is 28.2. The van der Waals surface area contributed by atoms with Crippen molar-refractivity contribution in [3.8, 4) is 0 Å². The zero-order chi connectivity index (χ0) is 20.6. The Labute approximate surface area is 169 Å². The van der Waals surface area contributed by atoms with Gasteiger partial charge in [0.2, 0.25) is 0 Å². The molecule has 0 aromatic carbocycles. The molecule has 0 aromatic rings. The van der Waals surface area contributed by atoms with Crippen molar-refractivity contribution in [3.05, 3.63) is 12.2 Å². The number of hydrogen-bond acceptors (Lipinski definition) is 7. The van der Waals surface area contributed by atoms with E-state index in [0.717, 1.165) is 13.0 Å². The lowest BCUT2D eigenvalue weighted by atomic mass is 9.99. The largest absolute Gasteiger partial charge is 0.394 e. The van der Waals surface area contributed by atoms with Gasteiger partial charge in [-0.2, -0.15) is 0 Å². The van der Waals surface area contributed by atoms with Crippen LogP contribution in [0, 0.1) is 0 Å². The molecule has 0 amide bonds. The first-order valence-electron chi connectivity index (χ1n) is 10.8. The minimum Gasteiger partial charge on any atom is -0.394 e. The van der Waals surface area contributed by atoms with Crippen LogP contribution in [0.2, 0.25) is 0 Å². The summed E-state index contributed by atoms with van der Waals surface area (Å²) in [6.45, 7) is 3.18. The van der Waals surface area contributed by atoms with E-state index in [1.807, 2.05) is 6.08 Å². The Balaban J connectivity index is 1.97. The molecule has 1 rings (SSSR count). The highest BCUT2D eigenvalue weighted by Crippen LogP contribution is 2.21. The van der Waals surface area contributed by atoms with E-state index >= 15 is 0 Å². The summed E-state index contributed by atoms with van der Waals surface area (Å²) in [5.74, 6) is 0. The fraction of sp³-hybridized carbons (Fsp3) is 0.905. The maximum atomic E-state index is 9.85. The number of aliphatic hydroxyl groups is 4. The van der Waals surface area contributed by atoms with Crippen LogP contribution in [0.5, 0.6) is 0 Å². The van der Waals surface area contributed by atoms with E-state index in [-0.39, 0.29) is 6.61 Å². The SMILES string of the molecule is CCCCCCCCCCCOC/C=C/CO[C@H]1O[C@H](CO)[C@@H](O)[C@H](O)[C@@H]1O. The number of aliphatic hydroxyl groups excluding tert-OH is 4. The van der Waals surface area contributed by atoms with Crippen LogP contribution in [0.3, 0.4) is 0 Å². The molecule has 1 aliphatic rings. The molecule has 0 radical (unpaired) electrons. The van der Waals surface area contributed by atoms with Crippen molar-refractivity contribution in [2.45, 2.75) is 95.4 Å². The van der Waals surface area contributed by atoms with Gasteiger partial charge in [0.1, 0.15) is 24.4 Å². The Morgan fingerprint density at radius 3 is 2.04 bits per heavy atom.